The monoisotopic (exact) mass is 364 g/mol. The number of halogens is 3. The zero-order chi connectivity index (χ0) is 18.7. The second-order valence-corrected chi connectivity index (χ2v) is 5.02. The van der Waals surface area contributed by atoms with Gasteiger partial charge < -0.3 is 4.42 Å². The van der Waals surface area contributed by atoms with E-state index in [1.807, 2.05) is 0 Å². The number of alkyl halides is 3. The molecule has 0 saturated carbocycles. The van der Waals surface area contributed by atoms with Gasteiger partial charge in [-0.3, -0.25) is 21.4 Å². The SMILES string of the molecule is N=C(NO)c1ccc(Nc2ncc(-c3ccc(C(F)(F)F)cc3)o2)nn1. The third-order valence-corrected chi connectivity index (χ3v) is 3.27. The number of nitrogens with zero attached hydrogens (tertiary/aromatic N) is 3. The fraction of sp³-hybridized carbons (Fsp3) is 0.0667. The first kappa shape index (κ1) is 17.4. The van der Waals surface area contributed by atoms with Gasteiger partial charge in [-0.2, -0.15) is 13.2 Å². The van der Waals surface area contributed by atoms with E-state index in [1.165, 1.54) is 30.5 Å². The van der Waals surface area contributed by atoms with Gasteiger partial charge in [0.05, 0.1) is 11.8 Å². The maximum absolute atomic E-state index is 12.6. The molecule has 0 aliphatic heterocycles. The lowest BCUT2D eigenvalue weighted by molar-refractivity contribution is -0.137. The van der Waals surface area contributed by atoms with Gasteiger partial charge in [0.1, 0.15) is 5.69 Å². The van der Waals surface area contributed by atoms with Crippen LogP contribution < -0.4 is 10.8 Å². The predicted molar refractivity (Wildman–Crippen MR) is 84.0 cm³/mol. The van der Waals surface area contributed by atoms with E-state index >= 15 is 0 Å². The summed E-state index contributed by atoms with van der Waals surface area (Å²) in [6.07, 6.45) is -3.04. The Hall–Kier alpha value is -3.47. The van der Waals surface area contributed by atoms with Gasteiger partial charge in [0.25, 0.3) is 0 Å². The molecule has 0 unspecified atom stereocenters. The van der Waals surface area contributed by atoms with Crippen molar-refractivity contribution in [1.82, 2.24) is 20.7 Å². The molecule has 3 rings (SSSR count). The van der Waals surface area contributed by atoms with Crippen LogP contribution in [-0.2, 0) is 6.18 Å². The van der Waals surface area contributed by atoms with Crippen molar-refractivity contribution in [2.75, 3.05) is 5.32 Å². The number of rotatable bonds is 4. The van der Waals surface area contributed by atoms with Crippen LogP contribution in [0.2, 0.25) is 0 Å². The van der Waals surface area contributed by atoms with Crippen molar-refractivity contribution in [2.24, 2.45) is 0 Å². The Morgan fingerprint density at radius 1 is 1.08 bits per heavy atom. The van der Waals surface area contributed by atoms with Crippen LogP contribution in [0.3, 0.4) is 0 Å². The molecule has 2 aromatic heterocycles. The Kier molecular flexibility index (Phi) is 4.54. The molecule has 0 saturated heterocycles. The van der Waals surface area contributed by atoms with E-state index in [4.69, 9.17) is 15.0 Å². The van der Waals surface area contributed by atoms with E-state index < -0.39 is 11.7 Å². The van der Waals surface area contributed by atoms with Crippen LogP contribution >= 0.6 is 0 Å². The Balaban J connectivity index is 1.73. The number of hydrogen-bond acceptors (Lipinski definition) is 7. The maximum atomic E-state index is 12.6. The standard InChI is InChI=1S/C15H11F3N6O2/c16-15(17,18)9-3-1-8(2-4-9)11-7-20-14(26-11)21-12-6-5-10(22-23-12)13(19)24-25/h1-7,25H,(H2,19,24)(H,20,21,23). The van der Waals surface area contributed by atoms with Gasteiger partial charge in [-0.25, -0.2) is 4.98 Å². The molecule has 4 N–H and O–H groups in total. The first-order valence-corrected chi connectivity index (χ1v) is 7.10. The summed E-state index contributed by atoms with van der Waals surface area (Å²) in [5.41, 5.74) is 1.45. The minimum Gasteiger partial charge on any atom is -0.423 e. The molecule has 8 nitrogen and oxygen atoms in total. The summed E-state index contributed by atoms with van der Waals surface area (Å²) in [5.74, 6) is 0.224. The summed E-state index contributed by atoms with van der Waals surface area (Å²) in [5, 5.41) is 26.2. The highest BCUT2D eigenvalue weighted by atomic mass is 19.4. The zero-order valence-corrected chi connectivity index (χ0v) is 12.9. The molecule has 1 aromatic carbocycles. The van der Waals surface area contributed by atoms with Gasteiger partial charge in [-0.15, -0.1) is 10.2 Å². The number of hydrogen-bond donors (Lipinski definition) is 4. The third-order valence-electron chi connectivity index (χ3n) is 3.27. The number of anilines is 2. The Bertz CT molecular complexity index is 906. The number of oxazole rings is 1. The first-order valence-electron chi connectivity index (χ1n) is 7.10. The van der Waals surface area contributed by atoms with E-state index in [-0.39, 0.29) is 29.1 Å². The lowest BCUT2D eigenvalue weighted by Crippen LogP contribution is -2.20. The van der Waals surface area contributed by atoms with Crippen molar-refractivity contribution >= 4 is 17.7 Å². The second-order valence-electron chi connectivity index (χ2n) is 5.02. The van der Waals surface area contributed by atoms with Gasteiger partial charge in [0.15, 0.2) is 17.4 Å². The number of nitrogens with one attached hydrogen (secondary N) is 3. The average molecular weight is 364 g/mol. The lowest BCUT2D eigenvalue weighted by atomic mass is 10.1. The topological polar surface area (TPSA) is 120 Å². The lowest BCUT2D eigenvalue weighted by Gasteiger charge is -2.06. The highest BCUT2D eigenvalue weighted by Crippen LogP contribution is 2.31. The number of hydroxylamine groups is 1. The Morgan fingerprint density at radius 3 is 2.38 bits per heavy atom. The molecule has 2 heterocycles. The van der Waals surface area contributed by atoms with Crippen LogP contribution in [0.1, 0.15) is 11.3 Å². The highest BCUT2D eigenvalue weighted by Gasteiger charge is 2.30. The van der Waals surface area contributed by atoms with Gasteiger partial charge in [-0.05, 0) is 24.3 Å². The molecular formula is C15H11F3N6O2. The molecular weight excluding hydrogens is 353 g/mol. The summed E-state index contributed by atoms with van der Waals surface area (Å²) in [6.45, 7) is 0. The van der Waals surface area contributed by atoms with Crippen LogP contribution in [0.15, 0.2) is 47.0 Å². The van der Waals surface area contributed by atoms with Crippen LogP contribution in [-0.4, -0.2) is 26.2 Å². The molecule has 26 heavy (non-hydrogen) atoms. The van der Waals surface area contributed by atoms with Gasteiger partial charge in [0, 0.05) is 5.56 Å². The summed E-state index contributed by atoms with van der Waals surface area (Å²) < 4.78 is 43.2. The molecule has 134 valence electrons. The summed E-state index contributed by atoms with van der Waals surface area (Å²) in [6, 6.07) is 7.47. The smallest absolute Gasteiger partial charge is 0.416 e. The van der Waals surface area contributed by atoms with Crippen LogP contribution in [0.5, 0.6) is 0 Å². The van der Waals surface area contributed by atoms with E-state index in [9.17, 15) is 13.2 Å². The molecule has 0 spiro atoms. The van der Waals surface area contributed by atoms with Crippen molar-refractivity contribution in [3.8, 4) is 11.3 Å². The van der Waals surface area contributed by atoms with Crippen molar-refractivity contribution in [2.45, 2.75) is 6.18 Å². The molecule has 0 amide bonds. The fourth-order valence-corrected chi connectivity index (χ4v) is 1.99. The van der Waals surface area contributed by atoms with E-state index in [1.54, 1.807) is 5.48 Å². The summed E-state index contributed by atoms with van der Waals surface area (Å²) in [4.78, 5) is 3.97. The number of amidine groups is 1. The molecule has 0 aliphatic rings. The molecule has 11 heteroatoms. The number of aromatic nitrogens is 3. The van der Waals surface area contributed by atoms with Crippen molar-refractivity contribution in [3.63, 3.8) is 0 Å². The molecule has 3 aromatic rings. The highest BCUT2D eigenvalue weighted by molar-refractivity contribution is 5.93. The minimum absolute atomic E-state index is 0.0670. The second kappa shape index (κ2) is 6.80. The summed E-state index contributed by atoms with van der Waals surface area (Å²) >= 11 is 0. The van der Waals surface area contributed by atoms with E-state index in [0.717, 1.165) is 12.1 Å². The largest absolute Gasteiger partial charge is 0.423 e. The minimum atomic E-state index is -4.40. The Labute approximate surface area is 144 Å². The van der Waals surface area contributed by atoms with Gasteiger partial charge in [0.2, 0.25) is 0 Å². The summed E-state index contributed by atoms with van der Waals surface area (Å²) in [7, 11) is 0. The van der Waals surface area contributed by atoms with Crippen molar-refractivity contribution < 1.29 is 22.8 Å². The average Bonchev–Trinajstić information content (AvgIpc) is 3.09. The van der Waals surface area contributed by atoms with Crippen LogP contribution in [0, 0.1) is 5.41 Å². The van der Waals surface area contributed by atoms with Crippen molar-refractivity contribution in [3.05, 3.63) is 53.9 Å². The van der Waals surface area contributed by atoms with Crippen LogP contribution in [0.25, 0.3) is 11.3 Å². The normalized spacial score (nSPS) is 11.2. The van der Waals surface area contributed by atoms with Crippen LogP contribution in [0.4, 0.5) is 25.0 Å². The molecule has 0 radical (unpaired) electrons. The molecule has 0 atom stereocenters. The number of benzene rings is 1. The quantitative estimate of drug-likeness (QED) is 0.319. The zero-order valence-electron chi connectivity index (χ0n) is 12.9. The van der Waals surface area contributed by atoms with Gasteiger partial charge in [-0.1, -0.05) is 12.1 Å². The fourth-order valence-electron chi connectivity index (χ4n) is 1.99. The first-order chi connectivity index (χ1) is 12.4. The molecule has 0 bridgehead atoms. The predicted octanol–water partition coefficient (Wildman–Crippen LogP) is 3.20. The molecule has 0 fully saturated rings. The third kappa shape index (κ3) is 3.78. The van der Waals surface area contributed by atoms with Crippen molar-refractivity contribution in [1.29, 1.82) is 5.41 Å². The molecule has 0 aliphatic carbocycles. The maximum Gasteiger partial charge on any atom is 0.416 e. The van der Waals surface area contributed by atoms with E-state index in [2.05, 4.69) is 20.5 Å². The van der Waals surface area contributed by atoms with E-state index in [0.29, 0.717) is 5.56 Å². The van der Waals surface area contributed by atoms with Gasteiger partial charge >= 0.3 is 12.2 Å². The Morgan fingerprint density at radius 2 is 1.81 bits per heavy atom.